The van der Waals surface area contributed by atoms with Crippen LogP contribution >= 0.6 is 0 Å². The smallest absolute Gasteiger partial charge is 0.287 e. The number of carbonyl (C=O) groups excluding carboxylic acids is 1. The summed E-state index contributed by atoms with van der Waals surface area (Å²) >= 11 is 0. The molecule has 1 unspecified atom stereocenters. The van der Waals surface area contributed by atoms with Crippen molar-refractivity contribution in [2.24, 2.45) is 7.05 Å². The van der Waals surface area contributed by atoms with Gasteiger partial charge in [0.05, 0.1) is 0 Å². The van der Waals surface area contributed by atoms with E-state index in [9.17, 15) is 4.79 Å². The topological polar surface area (TPSA) is 59.0 Å². The Morgan fingerprint density at radius 1 is 1.79 bits per heavy atom. The van der Waals surface area contributed by atoms with Gasteiger partial charge in [-0.2, -0.15) is 0 Å². The molecule has 2 N–H and O–H groups in total. The maximum absolute atomic E-state index is 11.7. The lowest BCUT2D eigenvalue weighted by Crippen LogP contribution is -2.37. The van der Waals surface area contributed by atoms with Gasteiger partial charge in [0.2, 0.25) is 0 Å². The molecule has 5 nitrogen and oxygen atoms in total. The van der Waals surface area contributed by atoms with Gasteiger partial charge in [0, 0.05) is 32.0 Å². The van der Waals surface area contributed by atoms with E-state index < -0.39 is 0 Å². The van der Waals surface area contributed by atoms with Gasteiger partial charge in [0.25, 0.3) is 5.91 Å². The molecule has 0 saturated carbocycles. The lowest BCUT2D eigenvalue weighted by Gasteiger charge is -2.10. The quantitative estimate of drug-likeness (QED) is 0.668. The highest BCUT2D eigenvalue weighted by Crippen LogP contribution is 2.00. The first-order valence-corrected chi connectivity index (χ1v) is 4.76. The van der Waals surface area contributed by atoms with Gasteiger partial charge in [0.1, 0.15) is 0 Å². The summed E-state index contributed by atoms with van der Waals surface area (Å²) in [6.07, 6.45) is 4.39. The minimum Gasteiger partial charge on any atom is -0.345 e. The summed E-state index contributed by atoms with van der Waals surface area (Å²) in [6, 6.07) is 0.249. The number of aromatic nitrogens is 2. The molecule has 1 atom stereocenters. The summed E-state index contributed by atoms with van der Waals surface area (Å²) in [5.41, 5.74) is 0. The number of hydrogen-bond donors (Lipinski definition) is 2. The number of hydrogen-bond acceptors (Lipinski definition) is 3. The molecular formula is C9H14N4O. The Morgan fingerprint density at radius 3 is 3.21 bits per heavy atom. The highest BCUT2D eigenvalue weighted by atomic mass is 16.2. The summed E-state index contributed by atoms with van der Waals surface area (Å²) in [7, 11) is 1.81. The molecular weight excluding hydrogens is 180 g/mol. The number of amides is 1. The van der Waals surface area contributed by atoms with Crippen molar-refractivity contribution >= 4 is 5.91 Å². The first-order chi connectivity index (χ1) is 6.77. The van der Waals surface area contributed by atoms with Gasteiger partial charge in [-0.05, 0) is 13.0 Å². The third kappa shape index (κ3) is 1.77. The van der Waals surface area contributed by atoms with Crippen LogP contribution in [0.1, 0.15) is 17.0 Å². The molecule has 76 valence electrons. The van der Waals surface area contributed by atoms with Crippen molar-refractivity contribution in [2.75, 3.05) is 13.1 Å². The van der Waals surface area contributed by atoms with E-state index in [2.05, 4.69) is 15.6 Å². The van der Waals surface area contributed by atoms with Crippen LogP contribution in [0.2, 0.25) is 0 Å². The summed E-state index contributed by atoms with van der Waals surface area (Å²) in [5, 5.41) is 6.13. The SMILES string of the molecule is Cn1ccnc1C(=O)NC1CCNC1. The zero-order chi connectivity index (χ0) is 9.97. The first kappa shape index (κ1) is 9.21. The Kier molecular flexibility index (Phi) is 2.49. The van der Waals surface area contributed by atoms with E-state index >= 15 is 0 Å². The highest BCUT2D eigenvalue weighted by molar-refractivity contribution is 5.90. The van der Waals surface area contributed by atoms with Crippen LogP contribution in [0.5, 0.6) is 0 Å². The standard InChI is InChI=1S/C9H14N4O/c1-13-5-4-11-8(13)9(14)12-7-2-3-10-6-7/h4-5,7,10H,2-3,6H2,1H3,(H,12,14). The second-order valence-corrected chi connectivity index (χ2v) is 3.52. The Hall–Kier alpha value is -1.36. The second kappa shape index (κ2) is 3.79. The third-order valence-electron chi connectivity index (χ3n) is 2.42. The number of nitrogens with one attached hydrogen (secondary N) is 2. The maximum Gasteiger partial charge on any atom is 0.287 e. The van der Waals surface area contributed by atoms with Crippen molar-refractivity contribution in [3.63, 3.8) is 0 Å². The summed E-state index contributed by atoms with van der Waals surface area (Å²) in [6.45, 7) is 1.83. The van der Waals surface area contributed by atoms with Crippen LogP contribution in [-0.4, -0.2) is 34.6 Å². The molecule has 1 aromatic rings. The van der Waals surface area contributed by atoms with Crippen LogP contribution in [-0.2, 0) is 7.05 Å². The van der Waals surface area contributed by atoms with E-state index in [1.165, 1.54) is 0 Å². The molecule has 0 aromatic carbocycles. The fraction of sp³-hybridized carbons (Fsp3) is 0.556. The molecule has 0 bridgehead atoms. The van der Waals surface area contributed by atoms with Gasteiger partial charge in [-0.15, -0.1) is 0 Å². The molecule has 1 aliphatic rings. The molecule has 5 heteroatoms. The van der Waals surface area contributed by atoms with E-state index in [1.807, 2.05) is 7.05 Å². The van der Waals surface area contributed by atoms with Gasteiger partial charge in [0.15, 0.2) is 5.82 Å². The summed E-state index contributed by atoms with van der Waals surface area (Å²) in [5.74, 6) is 0.378. The number of aryl methyl sites for hydroxylation is 1. The number of carbonyl (C=O) groups is 1. The zero-order valence-corrected chi connectivity index (χ0v) is 8.16. The molecule has 1 amide bonds. The van der Waals surface area contributed by atoms with Crippen LogP contribution in [0.4, 0.5) is 0 Å². The van der Waals surface area contributed by atoms with Gasteiger partial charge in [-0.1, -0.05) is 0 Å². The van der Waals surface area contributed by atoms with Crippen LogP contribution < -0.4 is 10.6 Å². The van der Waals surface area contributed by atoms with E-state index in [-0.39, 0.29) is 11.9 Å². The predicted molar refractivity (Wildman–Crippen MR) is 51.9 cm³/mol. The second-order valence-electron chi connectivity index (χ2n) is 3.52. The Labute approximate surface area is 82.5 Å². The van der Waals surface area contributed by atoms with Gasteiger partial charge >= 0.3 is 0 Å². The predicted octanol–water partition coefficient (Wildman–Crippen LogP) is -0.488. The molecule has 1 aliphatic heterocycles. The molecule has 14 heavy (non-hydrogen) atoms. The van der Waals surface area contributed by atoms with Gasteiger partial charge in [-0.3, -0.25) is 4.79 Å². The molecule has 1 fully saturated rings. The van der Waals surface area contributed by atoms with Crippen LogP contribution in [0.3, 0.4) is 0 Å². The fourth-order valence-corrected chi connectivity index (χ4v) is 1.61. The number of rotatable bonds is 2. The van der Waals surface area contributed by atoms with Gasteiger partial charge < -0.3 is 15.2 Å². The molecule has 1 aromatic heterocycles. The van der Waals surface area contributed by atoms with Crippen molar-refractivity contribution in [3.05, 3.63) is 18.2 Å². The minimum absolute atomic E-state index is 0.0915. The molecule has 1 saturated heterocycles. The van der Waals surface area contributed by atoms with Crippen LogP contribution in [0, 0.1) is 0 Å². The largest absolute Gasteiger partial charge is 0.345 e. The zero-order valence-electron chi connectivity index (χ0n) is 8.16. The average Bonchev–Trinajstić information content (AvgIpc) is 2.75. The molecule has 2 rings (SSSR count). The lowest BCUT2D eigenvalue weighted by atomic mass is 10.2. The van der Waals surface area contributed by atoms with Crippen molar-refractivity contribution < 1.29 is 4.79 Å². The third-order valence-corrected chi connectivity index (χ3v) is 2.42. The Bertz CT molecular complexity index is 327. The summed E-state index contributed by atoms with van der Waals surface area (Å²) < 4.78 is 1.72. The maximum atomic E-state index is 11.7. The molecule has 0 aliphatic carbocycles. The monoisotopic (exact) mass is 194 g/mol. The van der Waals surface area contributed by atoms with Crippen LogP contribution in [0.15, 0.2) is 12.4 Å². The van der Waals surface area contributed by atoms with Gasteiger partial charge in [-0.25, -0.2) is 4.98 Å². The Balaban J connectivity index is 1.98. The number of imidazole rings is 1. The molecule has 2 heterocycles. The minimum atomic E-state index is -0.0915. The first-order valence-electron chi connectivity index (χ1n) is 4.76. The summed E-state index contributed by atoms with van der Waals surface area (Å²) in [4.78, 5) is 15.6. The van der Waals surface area contributed by atoms with E-state index in [1.54, 1.807) is 17.0 Å². The normalized spacial score (nSPS) is 21.1. The van der Waals surface area contributed by atoms with Crippen molar-refractivity contribution in [1.82, 2.24) is 20.2 Å². The average molecular weight is 194 g/mol. The molecule has 0 spiro atoms. The van der Waals surface area contributed by atoms with Crippen molar-refractivity contribution in [3.8, 4) is 0 Å². The highest BCUT2D eigenvalue weighted by Gasteiger charge is 2.19. The van der Waals surface area contributed by atoms with Crippen molar-refractivity contribution in [1.29, 1.82) is 0 Å². The van der Waals surface area contributed by atoms with Crippen molar-refractivity contribution in [2.45, 2.75) is 12.5 Å². The number of nitrogens with zero attached hydrogens (tertiary/aromatic N) is 2. The van der Waals surface area contributed by atoms with Crippen LogP contribution in [0.25, 0.3) is 0 Å². The molecule has 0 radical (unpaired) electrons. The fourth-order valence-electron chi connectivity index (χ4n) is 1.61. The Morgan fingerprint density at radius 2 is 2.64 bits per heavy atom. The van der Waals surface area contributed by atoms with E-state index in [4.69, 9.17) is 0 Å². The van der Waals surface area contributed by atoms with E-state index in [0.29, 0.717) is 5.82 Å². The lowest BCUT2D eigenvalue weighted by molar-refractivity contribution is 0.0926. The van der Waals surface area contributed by atoms with E-state index in [0.717, 1.165) is 19.5 Å².